The summed E-state index contributed by atoms with van der Waals surface area (Å²) in [7, 11) is 0. The van der Waals surface area contributed by atoms with E-state index in [4.69, 9.17) is 11.6 Å². The first-order chi connectivity index (χ1) is 6.99. The molecule has 1 N–H and O–H groups in total. The summed E-state index contributed by atoms with van der Waals surface area (Å²) in [6.45, 7) is 3.32. The molecule has 80 valence electrons. The number of aryl methyl sites for hydroxylation is 1. The number of benzene rings is 1. The van der Waals surface area contributed by atoms with Crippen molar-refractivity contribution >= 4 is 23.3 Å². The van der Waals surface area contributed by atoms with Crippen molar-refractivity contribution in [2.75, 3.05) is 6.54 Å². The van der Waals surface area contributed by atoms with E-state index in [2.05, 4.69) is 5.32 Å². The van der Waals surface area contributed by atoms with Gasteiger partial charge in [-0.15, -0.1) is 0 Å². The van der Waals surface area contributed by atoms with Crippen LogP contribution in [0.2, 0.25) is 5.02 Å². The van der Waals surface area contributed by atoms with Crippen LogP contribution in [0.5, 0.6) is 0 Å². The fraction of sp³-hybridized carbons (Fsp3) is 0.273. The molecule has 0 heterocycles. The minimum absolute atomic E-state index is 0.0460. The van der Waals surface area contributed by atoms with Crippen LogP contribution in [-0.4, -0.2) is 18.2 Å². The van der Waals surface area contributed by atoms with Crippen molar-refractivity contribution in [1.82, 2.24) is 5.32 Å². The number of halogens is 1. The van der Waals surface area contributed by atoms with E-state index in [1.165, 1.54) is 6.92 Å². The number of hydrogen-bond acceptors (Lipinski definition) is 2. The van der Waals surface area contributed by atoms with Crippen molar-refractivity contribution in [2.24, 2.45) is 0 Å². The van der Waals surface area contributed by atoms with Crippen LogP contribution < -0.4 is 5.32 Å². The summed E-state index contributed by atoms with van der Waals surface area (Å²) >= 11 is 5.81. The molecule has 0 saturated carbocycles. The fourth-order valence-electron chi connectivity index (χ4n) is 1.17. The van der Waals surface area contributed by atoms with Gasteiger partial charge in [0.2, 0.25) is 0 Å². The molecule has 1 aromatic carbocycles. The maximum atomic E-state index is 11.5. The van der Waals surface area contributed by atoms with Crippen LogP contribution in [0.3, 0.4) is 0 Å². The molecule has 0 aliphatic rings. The molecule has 0 atom stereocenters. The summed E-state index contributed by atoms with van der Waals surface area (Å²) < 4.78 is 0. The average Bonchev–Trinajstić information content (AvgIpc) is 2.12. The molecule has 3 nitrogen and oxygen atoms in total. The molecule has 1 amide bonds. The van der Waals surface area contributed by atoms with Crippen molar-refractivity contribution < 1.29 is 9.59 Å². The number of carbonyl (C=O) groups is 2. The SMILES string of the molecule is CC(=O)CNC(=O)c1cc(C)cc(Cl)c1. The topological polar surface area (TPSA) is 46.2 Å². The lowest BCUT2D eigenvalue weighted by Gasteiger charge is -2.04. The van der Waals surface area contributed by atoms with Crippen LogP contribution in [0.15, 0.2) is 18.2 Å². The van der Waals surface area contributed by atoms with E-state index < -0.39 is 0 Å². The monoisotopic (exact) mass is 225 g/mol. The number of ketones is 1. The Morgan fingerprint density at radius 2 is 2.00 bits per heavy atom. The zero-order valence-corrected chi connectivity index (χ0v) is 9.39. The first-order valence-electron chi connectivity index (χ1n) is 4.54. The van der Waals surface area contributed by atoms with Crippen molar-refractivity contribution in [1.29, 1.82) is 0 Å². The summed E-state index contributed by atoms with van der Waals surface area (Å²) in [6.07, 6.45) is 0. The number of Topliss-reactive ketones (excluding diaryl/α,β-unsaturated/α-hetero) is 1. The third kappa shape index (κ3) is 3.72. The van der Waals surface area contributed by atoms with Gasteiger partial charge in [0.05, 0.1) is 6.54 Å². The largest absolute Gasteiger partial charge is 0.345 e. The molecule has 15 heavy (non-hydrogen) atoms. The van der Waals surface area contributed by atoms with Gasteiger partial charge in [0.25, 0.3) is 5.91 Å². The van der Waals surface area contributed by atoms with Gasteiger partial charge in [-0.3, -0.25) is 9.59 Å². The summed E-state index contributed by atoms with van der Waals surface area (Å²) in [5, 5.41) is 3.02. The molecule has 1 aromatic rings. The lowest BCUT2D eigenvalue weighted by atomic mass is 10.1. The van der Waals surface area contributed by atoms with Gasteiger partial charge < -0.3 is 5.32 Å². The van der Waals surface area contributed by atoms with Gasteiger partial charge in [-0.1, -0.05) is 11.6 Å². The number of hydrogen-bond donors (Lipinski definition) is 1. The quantitative estimate of drug-likeness (QED) is 0.855. The Morgan fingerprint density at radius 3 is 2.53 bits per heavy atom. The fourth-order valence-corrected chi connectivity index (χ4v) is 1.46. The lowest BCUT2D eigenvalue weighted by Crippen LogP contribution is -2.28. The molecule has 0 unspecified atom stereocenters. The Bertz CT molecular complexity index is 381. The summed E-state index contributed by atoms with van der Waals surface area (Å²) in [4.78, 5) is 22.2. The molecule has 0 aliphatic carbocycles. The second kappa shape index (κ2) is 4.94. The van der Waals surface area contributed by atoms with E-state index in [-0.39, 0.29) is 18.2 Å². The summed E-state index contributed by atoms with van der Waals surface area (Å²) in [6, 6.07) is 5.06. The van der Waals surface area contributed by atoms with Gasteiger partial charge in [0.15, 0.2) is 0 Å². The van der Waals surface area contributed by atoms with Gasteiger partial charge >= 0.3 is 0 Å². The maximum absolute atomic E-state index is 11.5. The standard InChI is InChI=1S/C11H12ClNO2/c1-7-3-9(5-10(12)4-7)11(15)13-6-8(2)14/h3-5H,6H2,1-2H3,(H,13,15). The zero-order chi connectivity index (χ0) is 11.4. The molecule has 0 aromatic heterocycles. The maximum Gasteiger partial charge on any atom is 0.251 e. The van der Waals surface area contributed by atoms with Crippen molar-refractivity contribution in [3.63, 3.8) is 0 Å². The second-order valence-electron chi connectivity index (χ2n) is 3.40. The van der Waals surface area contributed by atoms with E-state index in [9.17, 15) is 9.59 Å². The smallest absolute Gasteiger partial charge is 0.251 e. The van der Waals surface area contributed by atoms with Gasteiger partial charge in [-0.05, 0) is 37.6 Å². The summed E-state index contributed by atoms with van der Waals surface area (Å²) in [5.74, 6) is -0.363. The number of carbonyl (C=O) groups excluding carboxylic acids is 2. The lowest BCUT2D eigenvalue weighted by molar-refractivity contribution is -0.116. The molecular weight excluding hydrogens is 214 g/mol. The Hall–Kier alpha value is -1.35. The third-order valence-corrected chi connectivity index (χ3v) is 2.02. The predicted molar refractivity (Wildman–Crippen MR) is 59.2 cm³/mol. The molecule has 1 rings (SSSR count). The van der Waals surface area contributed by atoms with Crippen LogP contribution in [0, 0.1) is 6.92 Å². The van der Waals surface area contributed by atoms with Gasteiger partial charge in [0.1, 0.15) is 5.78 Å². The molecule has 0 saturated heterocycles. The van der Waals surface area contributed by atoms with E-state index >= 15 is 0 Å². The van der Waals surface area contributed by atoms with Crippen LogP contribution in [-0.2, 0) is 4.79 Å². The van der Waals surface area contributed by atoms with E-state index in [1.54, 1.807) is 18.2 Å². The summed E-state index contributed by atoms with van der Waals surface area (Å²) in [5.41, 5.74) is 1.39. The predicted octanol–water partition coefficient (Wildman–Crippen LogP) is 1.97. The number of rotatable bonds is 3. The Balaban J connectivity index is 2.77. The highest BCUT2D eigenvalue weighted by atomic mass is 35.5. The molecule has 0 fully saturated rings. The van der Waals surface area contributed by atoms with Gasteiger partial charge in [0, 0.05) is 10.6 Å². The highest BCUT2D eigenvalue weighted by Crippen LogP contribution is 2.14. The van der Waals surface area contributed by atoms with Crippen LogP contribution in [0.25, 0.3) is 0 Å². The minimum Gasteiger partial charge on any atom is -0.345 e. The molecule has 0 aliphatic heterocycles. The normalized spacial score (nSPS) is 9.80. The Morgan fingerprint density at radius 1 is 1.33 bits per heavy atom. The van der Waals surface area contributed by atoms with E-state index in [1.807, 2.05) is 6.92 Å². The molecule has 4 heteroatoms. The van der Waals surface area contributed by atoms with Crippen LogP contribution in [0.1, 0.15) is 22.8 Å². The second-order valence-corrected chi connectivity index (χ2v) is 3.84. The number of amides is 1. The third-order valence-electron chi connectivity index (χ3n) is 1.80. The zero-order valence-electron chi connectivity index (χ0n) is 8.63. The van der Waals surface area contributed by atoms with Gasteiger partial charge in [-0.25, -0.2) is 0 Å². The highest BCUT2D eigenvalue weighted by molar-refractivity contribution is 6.31. The first-order valence-corrected chi connectivity index (χ1v) is 4.91. The Labute approximate surface area is 93.4 Å². The van der Waals surface area contributed by atoms with Crippen LogP contribution >= 0.6 is 11.6 Å². The minimum atomic E-state index is -0.282. The van der Waals surface area contributed by atoms with Crippen molar-refractivity contribution in [2.45, 2.75) is 13.8 Å². The molecule has 0 radical (unpaired) electrons. The number of nitrogens with one attached hydrogen (secondary N) is 1. The molecule has 0 spiro atoms. The van der Waals surface area contributed by atoms with Crippen molar-refractivity contribution in [3.8, 4) is 0 Å². The molecular formula is C11H12ClNO2. The van der Waals surface area contributed by atoms with Crippen LogP contribution in [0.4, 0.5) is 0 Å². The highest BCUT2D eigenvalue weighted by Gasteiger charge is 2.07. The van der Waals surface area contributed by atoms with E-state index in [0.29, 0.717) is 10.6 Å². The van der Waals surface area contributed by atoms with Crippen molar-refractivity contribution in [3.05, 3.63) is 34.3 Å². The average molecular weight is 226 g/mol. The molecule has 0 bridgehead atoms. The Kier molecular flexibility index (Phi) is 3.86. The van der Waals surface area contributed by atoms with E-state index in [0.717, 1.165) is 5.56 Å². The van der Waals surface area contributed by atoms with Gasteiger partial charge in [-0.2, -0.15) is 0 Å². The first kappa shape index (κ1) is 11.7.